The first-order valence-corrected chi connectivity index (χ1v) is 17.7. The maximum Gasteiger partial charge on any atom is 0.316 e. The van der Waals surface area contributed by atoms with Gasteiger partial charge in [0, 0.05) is 39.6 Å². The normalized spacial score (nSPS) is 20.6. The second kappa shape index (κ2) is 16.3. The number of methoxy groups -OCH3 is 1. The van der Waals surface area contributed by atoms with E-state index in [-0.39, 0.29) is 43.0 Å². The summed E-state index contributed by atoms with van der Waals surface area (Å²) in [7, 11) is 0.610. The summed E-state index contributed by atoms with van der Waals surface area (Å²) in [6.45, 7) is 4.41. The Morgan fingerprint density at radius 2 is 1.79 bits per heavy atom. The number of ether oxygens (including phenoxy) is 3. The zero-order valence-corrected chi connectivity index (χ0v) is 29.2. The molecule has 13 nitrogen and oxygen atoms in total. The van der Waals surface area contributed by atoms with Crippen LogP contribution in [0.2, 0.25) is 0 Å². The minimum absolute atomic E-state index is 0.0102. The van der Waals surface area contributed by atoms with Crippen LogP contribution in [-0.2, 0) is 25.9 Å². The Bertz CT molecular complexity index is 1460. The van der Waals surface area contributed by atoms with Gasteiger partial charge >= 0.3 is 6.03 Å². The molecule has 3 amide bonds. The van der Waals surface area contributed by atoms with E-state index in [1.807, 2.05) is 44.2 Å². The second-order valence-electron chi connectivity index (χ2n) is 13.5. The number of benzene rings is 2. The van der Waals surface area contributed by atoms with E-state index in [4.69, 9.17) is 14.2 Å². The lowest BCUT2D eigenvalue weighted by Crippen LogP contribution is -2.61. The average molecular weight is 690 g/mol. The standard InChI is InChI=1S/C34H50N4O9S/c1-34(2,17-9-18-35-32(40)36(3)4)23-37(48(43,44)26-14-12-25(45-5)13-15-26)21-30(39)28(20-24-10-7-6-8-11-24)38(33(41)42)29-22-47-31-27(29)16-19-46-31/h6-8,10-15,27-31,39H,9,16-23H2,1-5H3,(H,35,40)(H,41,42)/p-1/t27-,28-,29-,30+,31+/m0/s1. The van der Waals surface area contributed by atoms with Gasteiger partial charge in [0.25, 0.3) is 0 Å². The second-order valence-corrected chi connectivity index (χ2v) is 15.4. The van der Waals surface area contributed by atoms with Crippen LogP contribution < -0.4 is 15.2 Å². The first-order chi connectivity index (χ1) is 22.7. The van der Waals surface area contributed by atoms with Gasteiger partial charge in [-0.2, -0.15) is 4.31 Å². The van der Waals surface area contributed by atoms with Crippen LogP contribution in [0, 0.1) is 11.3 Å². The quantitative estimate of drug-likeness (QED) is 0.252. The van der Waals surface area contributed by atoms with Gasteiger partial charge in [0.2, 0.25) is 10.0 Å². The minimum atomic E-state index is -4.18. The molecule has 2 aliphatic rings. The molecular formula is C34H49N4O9S-. The van der Waals surface area contributed by atoms with Gasteiger partial charge in [0.15, 0.2) is 6.29 Å². The molecule has 48 heavy (non-hydrogen) atoms. The predicted octanol–water partition coefficient (Wildman–Crippen LogP) is 2.14. The molecule has 0 unspecified atom stereocenters. The number of carbonyl (C=O) groups is 2. The van der Waals surface area contributed by atoms with E-state index >= 15 is 0 Å². The molecule has 0 aromatic heterocycles. The Kier molecular flexibility index (Phi) is 12.7. The van der Waals surface area contributed by atoms with Crippen molar-refractivity contribution in [3.05, 3.63) is 60.2 Å². The van der Waals surface area contributed by atoms with Crippen LogP contribution in [0.4, 0.5) is 9.59 Å². The number of sulfonamides is 1. The zero-order valence-electron chi connectivity index (χ0n) is 28.4. The SMILES string of the molecule is COc1ccc(S(=O)(=O)N(C[C@@H](O)[C@H](Cc2ccccc2)N(C(=O)[O-])[C@H]2CO[C@H]3OCC[C@H]32)CC(C)(C)CCCNC(=O)N(C)C)cc1. The predicted molar refractivity (Wildman–Crippen MR) is 177 cm³/mol. The van der Waals surface area contributed by atoms with E-state index in [1.54, 1.807) is 26.2 Å². The Morgan fingerprint density at radius 1 is 1.10 bits per heavy atom. The fraction of sp³-hybridized carbons (Fsp3) is 0.588. The third-order valence-electron chi connectivity index (χ3n) is 9.07. The van der Waals surface area contributed by atoms with Crippen molar-refractivity contribution in [3.63, 3.8) is 0 Å². The summed E-state index contributed by atoms with van der Waals surface area (Å²) in [5.41, 5.74) is 0.189. The summed E-state index contributed by atoms with van der Waals surface area (Å²) >= 11 is 0. The molecule has 2 aromatic rings. The van der Waals surface area contributed by atoms with Crippen LogP contribution in [0.25, 0.3) is 0 Å². The lowest BCUT2D eigenvalue weighted by Gasteiger charge is -2.43. The lowest BCUT2D eigenvalue weighted by atomic mass is 9.87. The molecule has 2 saturated heterocycles. The summed E-state index contributed by atoms with van der Waals surface area (Å²) < 4.78 is 46.4. The van der Waals surface area contributed by atoms with E-state index in [0.717, 1.165) is 10.5 Å². The maximum atomic E-state index is 14.3. The van der Waals surface area contributed by atoms with Crippen LogP contribution in [-0.4, -0.2) is 118 Å². The number of aliphatic hydroxyl groups is 1. The minimum Gasteiger partial charge on any atom is -0.530 e. The van der Waals surface area contributed by atoms with Gasteiger partial charge in [-0.3, -0.25) is 0 Å². The van der Waals surface area contributed by atoms with Crippen LogP contribution in [0.5, 0.6) is 5.75 Å². The van der Waals surface area contributed by atoms with Crippen LogP contribution in [0.1, 0.15) is 38.7 Å². The number of aliphatic hydroxyl groups excluding tert-OH is 1. The highest BCUT2D eigenvalue weighted by atomic mass is 32.2. The third-order valence-corrected chi connectivity index (χ3v) is 10.9. The van der Waals surface area contributed by atoms with Crippen LogP contribution in [0.15, 0.2) is 59.5 Å². The summed E-state index contributed by atoms with van der Waals surface area (Å²) in [5, 5.41) is 27.7. The fourth-order valence-electron chi connectivity index (χ4n) is 6.47. The van der Waals surface area contributed by atoms with Gasteiger partial charge in [0.05, 0.1) is 43.4 Å². The van der Waals surface area contributed by atoms with Gasteiger partial charge in [-0.05, 0) is 60.9 Å². The van der Waals surface area contributed by atoms with Gasteiger partial charge in [-0.25, -0.2) is 13.2 Å². The number of hydrogen-bond acceptors (Lipinski definition) is 9. The average Bonchev–Trinajstić information content (AvgIpc) is 3.68. The molecule has 2 N–H and O–H groups in total. The molecular weight excluding hydrogens is 640 g/mol. The van der Waals surface area contributed by atoms with Crippen molar-refractivity contribution in [3.8, 4) is 5.75 Å². The zero-order chi connectivity index (χ0) is 35.1. The first kappa shape index (κ1) is 37.4. The summed E-state index contributed by atoms with van der Waals surface area (Å²) in [5.74, 6) is 0.251. The highest BCUT2D eigenvalue weighted by Crippen LogP contribution is 2.36. The number of urea groups is 1. The van der Waals surface area contributed by atoms with Crippen LogP contribution in [0.3, 0.4) is 0 Å². The molecule has 2 aromatic carbocycles. The van der Waals surface area contributed by atoms with Crippen LogP contribution >= 0.6 is 0 Å². The molecule has 5 atom stereocenters. The molecule has 0 spiro atoms. The molecule has 0 saturated carbocycles. The molecule has 0 radical (unpaired) electrons. The molecule has 2 fully saturated rings. The third kappa shape index (κ3) is 9.38. The summed E-state index contributed by atoms with van der Waals surface area (Å²) in [6.07, 6.45) is -1.58. The molecule has 2 aliphatic heterocycles. The smallest absolute Gasteiger partial charge is 0.316 e. The molecule has 0 aliphatic carbocycles. The molecule has 2 heterocycles. The van der Waals surface area contributed by atoms with Gasteiger partial charge in [0.1, 0.15) is 11.8 Å². The van der Waals surface area contributed by atoms with Crippen molar-refractivity contribution >= 4 is 22.1 Å². The topological polar surface area (TPSA) is 161 Å². The van der Waals surface area contributed by atoms with Crippen molar-refractivity contribution in [2.24, 2.45) is 11.3 Å². The fourth-order valence-corrected chi connectivity index (χ4v) is 8.12. The number of carboxylic acid groups (broad SMARTS) is 1. The number of hydrogen-bond donors (Lipinski definition) is 2. The highest BCUT2D eigenvalue weighted by Gasteiger charge is 2.47. The van der Waals surface area contributed by atoms with E-state index < -0.39 is 46.0 Å². The van der Waals surface area contributed by atoms with Crippen molar-refractivity contribution in [2.45, 2.75) is 68.9 Å². The number of nitrogens with zero attached hydrogens (tertiary/aromatic N) is 3. The summed E-state index contributed by atoms with van der Waals surface area (Å²) in [6, 6.07) is 13.3. The van der Waals surface area contributed by atoms with E-state index in [9.17, 15) is 28.2 Å². The Labute approximate surface area is 283 Å². The van der Waals surface area contributed by atoms with Gasteiger partial charge in [-0.15, -0.1) is 0 Å². The van der Waals surface area contributed by atoms with Gasteiger partial charge < -0.3 is 44.3 Å². The Hall–Kier alpha value is -3.43. The molecule has 4 rings (SSSR count). The van der Waals surface area contributed by atoms with E-state index in [0.29, 0.717) is 38.2 Å². The molecule has 0 bridgehead atoms. The largest absolute Gasteiger partial charge is 0.530 e. The molecule has 14 heteroatoms. The number of amides is 3. The first-order valence-electron chi connectivity index (χ1n) is 16.3. The lowest BCUT2D eigenvalue weighted by molar-refractivity contribution is -0.273. The Balaban J connectivity index is 1.65. The van der Waals surface area contributed by atoms with Crippen molar-refractivity contribution in [1.82, 2.24) is 19.4 Å². The number of carbonyl (C=O) groups excluding carboxylic acids is 2. The molecule has 266 valence electrons. The number of nitrogens with one attached hydrogen (secondary N) is 1. The monoisotopic (exact) mass is 689 g/mol. The van der Waals surface area contributed by atoms with E-state index in [2.05, 4.69) is 5.32 Å². The highest BCUT2D eigenvalue weighted by molar-refractivity contribution is 7.89. The van der Waals surface area contributed by atoms with Gasteiger partial charge in [-0.1, -0.05) is 44.2 Å². The maximum absolute atomic E-state index is 14.3. The number of fused-ring (bicyclic) bond motifs is 1. The van der Waals surface area contributed by atoms with E-state index in [1.165, 1.54) is 28.4 Å². The van der Waals surface area contributed by atoms with Crippen molar-refractivity contribution < 1.29 is 42.4 Å². The summed E-state index contributed by atoms with van der Waals surface area (Å²) in [4.78, 5) is 27.4. The Morgan fingerprint density at radius 3 is 2.42 bits per heavy atom. The van der Waals surface area contributed by atoms with Crippen molar-refractivity contribution in [2.75, 3.05) is 54.1 Å². The van der Waals surface area contributed by atoms with Crippen molar-refractivity contribution in [1.29, 1.82) is 0 Å². The number of rotatable bonds is 16.